The van der Waals surface area contributed by atoms with Crippen molar-refractivity contribution in [1.82, 2.24) is 4.98 Å². The zero-order valence-electron chi connectivity index (χ0n) is 20.0. The summed E-state index contributed by atoms with van der Waals surface area (Å²) in [6, 6.07) is 12.2. The smallest absolute Gasteiger partial charge is 0.191 e. The third-order valence-corrected chi connectivity index (χ3v) is 6.02. The van der Waals surface area contributed by atoms with E-state index in [1.165, 1.54) is 20.3 Å². The van der Waals surface area contributed by atoms with Crippen LogP contribution in [0.5, 0.6) is 17.2 Å². The SMILES string of the molecule is COc1cc(NC(C(=O)c2c[nH]c3cc(C)c(F)cc23)c2ccc(Cl)cc2OC)cc(OCCO)c1. The van der Waals surface area contributed by atoms with Crippen molar-refractivity contribution in [3.63, 3.8) is 0 Å². The number of methoxy groups -OCH3 is 2. The lowest BCUT2D eigenvalue weighted by molar-refractivity contribution is 0.0970. The zero-order valence-corrected chi connectivity index (χ0v) is 20.8. The number of ether oxygens (including phenoxy) is 3. The first-order chi connectivity index (χ1) is 17.3. The first-order valence-electron chi connectivity index (χ1n) is 11.2. The number of aliphatic hydroxyl groups is 1. The standard InChI is InChI=1S/C27H26ClFN2O5/c1-15-8-24-21(13-23(15)29)22(14-30-24)27(33)26(20-5-4-16(28)9-25(20)35-3)31-17-10-18(34-2)12-19(11-17)36-7-6-32/h4-5,8-14,26,30-32H,6-7H2,1-3H3. The van der Waals surface area contributed by atoms with Crippen LogP contribution in [-0.2, 0) is 0 Å². The molecule has 36 heavy (non-hydrogen) atoms. The molecule has 0 aliphatic rings. The van der Waals surface area contributed by atoms with Crippen molar-refractivity contribution in [2.24, 2.45) is 0 Å². The number of fused-ring (bicyclic) bond motifs is 1. The average Bonchev–Trinajstić information content (AvgIpc) is 3.28. The molecule has 4 aromatic rings. The van der Waals surface area contributed by atoms with Crippen LogP contribution in [0.15, 0.2) is 54.7 Å². The Bertz CT molecular complexity index is 1400. The average molecular weight is 513 g/mol. The predicted molar refractivity (Wildman–Crippen MR) is 137 cm³/mol. The Hall–Kier alpha value is -3.75. The van der Waals surface area contributed by atoms with Gasteiger partial charge in [-0.25, -0.2) is 4.39 Å². The monoisotopic (exact) mass is 512 g/mol. The lowest BCUT2D eigenvalue weighted by Crippen LogP contribution is -2.22. The number of aliphatic hydroxyl groups excluding tert-OH is 1. The number of halogens is 2. The third kappa shape index (κ3) is 5.24. The van der Waals surface area contributed by atoms with Crippen molar-refractivity contribution < 1.29 is 28.5 Å². The number of aryl methyl sites for hydroxylation is 1. The lowest BCUT2D eigenvalue weighted by Gasteiger charge is -2.22. The molecule has 4 rings (SSSR count). The third-order valence-electron chi connectivity index (χ3n) is 5.78. The molecule has 1 atom stereocenters. The van der Waals surface area contributed by atoms with Gasteiger partial charge in [0.2, 0.25) is 0 Å². The molecule has 1 unspecified atom stereocenters. The number of carbonyl (C=O) groups excluding carboxylic acids is 1. The summed E-state index contributed by atoms with van der Waals surface area (Å²) < 4.78 is 30.9. The molecule has 0 bridgehead atoms. The number of H-pyrrole nitrogens is 1. The summed E-state index contributed by atoms with van der Waals surface area (Å²) in [5, 5.41) is 13.3. The van der Waals surface area contributed by atoms with Crippen molar-refractivity contribution in [3.05, 3.63) is 82.3 Å². The van der Waals surface area contributed by atoms with Gasteiger partial charge in [0.15, 0.2) is 5.78 Å². The number of ketones is 1. The maximum atomic E-state index is 14.4. The van der Waals surface area contributed by atoms with Gasteiger partial charge in [0, 0.05) is 57.1 Å². The number of nitrogens with one attached hydrogen (secondary N) is 2. The van der Waals surface area contributed by atoms with Crippen LogP contribution in [0, 0.1) is 12.7 Å². The van der Waals surface area contributed by atoms with Gasteiger partial charge in [0.1, 0.15) is 35.7 Å². The number of hydrogen-bond donors (Lipinski definition) is 3. The highest BCUT2D eigenvalue weighted by molar-refractivity contribution is 6.30. The van der Waals surface area contributed by atoms with Crippen molar-refractivity contribution in [2.75, 3.05) is 32.8 Å². The van der Waals surface area contributed by atoms with E-state index in [0.717, 1.165) is 0 Å². The Labute approximate surface area is 212 Å². The number of aromatic amines is 1. The van der Waals surface area contributed by atoms with E-state index in [9.17, 15) is 9.18 Å². The van der Waals surface area contributed by atoms with Gasteiger partial charge in [-0.05, 0) is 36.8 Å². The van der Waals surface area contributed by atoms with Crippen LogP contribution in [0.2, 0.25) is 5.02 Å². The second kappa shape index (κ2) is 10.9. The number of carbonyl (C=O) groups is 1. The summed E-state index contributed by atoms with van der Waals surface area (Å²) in [6.45, 7) is 1.61. The van der Waals surface area contributed by atoms with Crippen LogP contribution < -0.4 is 19.5 Å². The first kappa shape index (κ1) is 25.3. The van der Waals surface area contributed by atoms with Gasteiger partial charge >= 0.3 is 0 Å². The summed E-state index contributed by atoms with van der Waals surface area (Å²) in [6.07, 6.45) is 1.57. The van der Waals surface area contributed by atoms with Gasteiger partial charge in [0.05, 0.1) is 20.8 Å². The molecule has 0 aliphatic carbocycles. The number of Topliss-reactive ketones (excluding diaryl/α,β-unsaturated/α-hetero) is 1. The molecule has 188 valence electrons. The number of aromatic nitrogens is 1. The lowest BCUT2D eigenvalue weighted by atomic mass is 9.95. The maximum Gasteiger partial charge on any atom is 0.191 e. The molecule has 3 N–H and O–H groups in total. The maximum absolute atomic E-state index is 14.4. The van der Waals surface area contributed by atoms with Crippen molar-refractivity contribution >= 4 is 34.0 Å². The van der Waals surface area contributed by atoms with Gasteiger partial charge in [-0.2, -0.15) is 0 Å². The minimum Gasteiger partial charge on any atom is -0.497 e. The molecule has 0 spiro atoms. The predicted octanol–water partition coefficient (Wildman–Crippen LogP) is 5.69. The second-order valence-corrected chi connectivity index (χ2v) is 8.58. The van der Waals surface area contributed by atoms with E-state index in [4.69, 9.17) is 30.9 Å². The fraction of sp³-hybridized carbons (Fsp3) is 0.222. The zero-order chi connectivity index (χ0) is 25.8. The Kier molecular flexibility index (Phi) is 7.67. The van der Waals surface area contributed by atoms with Crippen molar-refractivity contribution in [3.8, 4) is 17.2 Å². The van der Waals surface area contributed by atoms with Crippen molar-refractivity contribution in [1.29, 1.82) is 0 Å². The summed E-state index contributed by atoms with van der Waals surface area (Å²) in [5.74, 6) is 0.639. The fourth-order valence-electron chi connectivity index (χ4n) is 4.01. The molecule has 1 aromatic heterocycles. The largest absolute Gasteiger partial charge is 0.497 e. The van der Waals surface area contributed by atoms with Gasteiger partial charge in [-0.1, -0.05) is 17.7 Å². The van der Waals surface area contributed by atoms with Crippen LogP contribution in [0.25, 0.3) is 10.9 Å². The Morgan fingerprint density at radius 3 is 2.61 bits per heavy atom. The highest BCUT2D eigenvalue weighted by Crippen LogP contribution is 2.36. The van der Waals surface area contributed by atoms with Crippen LogP contribution in [-0.4, -0.2) is 43.3 Å². The van der Waals surface area contributed by atoms with Crippen LogP contribution >= 0.6 is 11.6 Å². The molecule has 0 radical (unpaired) electrons. The molecule has 0 fully saturated rings. The minimum absolute atomic E-state index is 0.0975. The molecule has 9 heteroatoms. The van der Waals surface area contributed by atoms with Gasteiger partial charge in [-0.3, -0.25) is 4.79 Å². The molecule has 0 saturated carbocycles. The number of hydrogen-bond acceptors (Lipinski definition) is 6. The molecule has 0 aliphatic heterocycles. The Morgan fingerprint density at radius 1 is 1.11 bits per heavy atom. The summed E-state index contributed by atoms with van der Waals surface area (Å²) in [7, 11) is 3.01. The second-order valence-electron chi connectivity index (χ2n) is 8.15. The fourth-order valence-corrected chi connectivity index (χ4v) is 4.17. The van der Waals surface area contributed by atoms with Gasteiger partial charge < -0.3 is 29.6 Å². The Balaban J connectivity index is 1.82. The van der Waals surface area contributed by atoms with E-state index in [1.54, 1.807) is 55.6 Å². The van der Waals surface area contributed by atoms with Gasteiger partial charge in [0.25, 0.3) is 0 Å². The van der Waals surface area contributed by atoms with Gasteiger partial charge in [-0.15, -0.1) is 0 Å². The summed E-state index contributed by atoms with van der Waals surface area (Å²) in [5.41, 5.74) is 2.51. The molecule has 3 aromatic carbocycles. The number of anilines is 1. The van der Waals surface area contributed by atoms with Crippen LogP contribution in [0.1, 0.15) is 27.5 Å². The van der Waals surface area contributed by atoms with Crippen LogP contribution in [0.4, 0.5) is 10.1 Å². The van der Waals surface area contributed by atoms with E-state index in [1.807, 2.05) is 0 Å². The molecular formula is C27H26ClFN2O5. The van der Waals surface area contributed by atoms with E-state index < -0.39 is 11.9 Å². The van der Waals surface area contributed by atoms with E-state index in [-0.39, 0.29) is 19.0 Å². The minimum atomic E-state index is -0.932. The Morgan fingerprint density at radius 2 is 1.89 bits per heavy atom. The highest BCUT2D eigenvalue weighted by atomic mass is 35.5. The quantitative estimate of drug-likeness (QED) is 0.236. The molecule has 1 heterocycles. The highest BCUT2D eigenvalue weighted by Gasteiger charge is 2.28. The molecule has 0 saturated heterocycles. The van der Waals surface area contributed by atoms with Crippen LogP contribution in [0.3, 0.4) is 0 Å². The summed E-state index contributed by atoms with van der Waals surface area (Å²) in [4.78, 5) is 17.1. The number of rotatable bonds is 10. The van der Waals surface area contributed by atoms with E-state index in [0.29, 0.717) is 55.6 Å². The molecule has 7 nitrogen and oxygen atoms in total. The van der Waals surface area contributed by atoms with E-state index >= 15 is 0 Å². The molecular weight excluding hydrogens is 487 g/mol. The van der Waals surface area contributed by atoms with Crippen molar-refractivity contribution in [2.45, 2.75) is 13.0 Å². The first-order valence-corrected chi connectivity index (χ1v) is 11.6. The normalized spacial score (nSPS) is 11.8. The topological polar surface area (TPSA) is 92.8 Å². The van der Waals surface area contributed by atoms with E-state index in [2.05, 4.69) is 10.3 Å². The molecule has 0 amide bonds. The summed E-state index contributed by atoms with van der Waals surface area (Å²) >= 11 is 6.17. The number of benzene rings is 3.